The van der Waals surface area contributed by atoms with E-state index in [2.05, 4.69) is 36.9 Å². The van der Waals surface area contributed by atoms with Crippen LogP contribution in [-0.2, 0) is 0 Å². The summed E-state index contributed by atoms with van der Waals surface area (Å²) in [6, 6.07) is 11.5. The van der Waals surface area contributed by atoms with Gasteiger partial charge in [-0.05, 0) is 49.2 Å². The number of amides is 1. The Balaban J connectivity index is 1.51. The highest BCUT2D eigenvalue weighted by Crippen LogP contribution is 2.25. The Bertz CT molecular complexity index is 1060. The summed E-state index contributed by atoms with van der Waals surface area (Å²) in [7, 11) is 0. The van der Waals surface area contributed by atoms with Gasteiger partial charge in [-0.25, -0.2) is 13.8 Å². The maximum absolute atomic E-state index is 13.4. The summed E-state index contributed by atoms with van der Waals surface area (Å²) in [5, 5.41) is 1.15. The maximum Gasteiger partial charge on any atom is 0.254 e. The predicted molar refractivity (Wildman–Crippen MR) is 106 cm³/mol. The molecule has 4 rings (SSSR count). The SMILES string of the molecule is Cc1cc(N2CCN(C(=O)c3ccc(F)c(F)c3)CC2)nc2c(C)cccc12. The molecule has 1 aromatic heterocycles. The number of carbonyl (C=O) groups excluding carboxylic acids is 1. The second kappa shape index (κ2) is 7.19. The number of nitrogens with zero attached hydrogens (tertiary/aromatic N) is 3. The highest BCUT2D eigenvalue weighted by molar-refractivity contribution is 5.94. The molecular weight excluding hydrogens is 360 g/mol. The normalized spacial score (nSPS) is 14.6. The van der Waals surface area contributed by atoms with Gasteiger partial charge in [-0.2, -0.15) is 0 Å². The number of aryl methyl sites for hydroxylation is 2. The molecule has 1 aliphatic rings. The van der Waals surface area contributed by atoms with E-state index in [4.69, 9.17) is 4.98 Å². The molecule has 0 aliphatic carbocycles. The van der Waals surface area contributed by atoms with Crippen molar-refractivity contribution < 1.29 is 13.6 Å². The zero-order valence-electron chi connectivity index (χ0n) is 15.9. The van der Waals surface area contributed by atoms with E-state index in [-0.39, 0.29) is 11.5 Å². The number of hydrogen-bond acceptors (Lipinski definition) is 3. The van der Waals surface area contributed by atoms with Crippen LogP contribution in [0.1, 0.15) is 21.5 Å². The van der Waals surface area contributed by atoms with Crippen LogP contribution in [0, 0.1) is 25.5 Å². The number of carbonyl (C=O) groups is 1. The second-order valence-corrected chi connectivity index (χ2v) is 7.18. The van der Waals surface area contributed by atoms with Crippen molar-refractivity contribution in [3.63, 3.8) is 0 Å². The van der Waals surface area contributed by atoms with Crippen LogP contribution in [0.4, 0.5) is 14.6 Å². The first-order valence-electron chi connectivity index (χ1n) is 9.30. The first kappa shape index (κ1) is 18.3. The van der Waals surface area contributed by atoms with Gasteiger partial charge in [-0.3, -0.25) is 4.79 Å². The summed E-state index contributed by atoms with van der Waals surface area (Å²) in [6.45, 7) is 6.42. The largest absolute Gasteiger partial charge is 0.353 e. The number of para-hydroxylation sites is 1. The number of benzene rings is 2. The van der Waals surface area contributed by atoms with Crippen molar-refractivity contribution in [2.45, 2.75) is 13.8 Å². The molecule has 1 aliphatic heterocycles. The quantitative estimate of drug-likeness (QED) is 0.671. The number of fused-ring (bicyclic) bond motifs is 1. The van der Waals surface area contributed by atoms with Crippen LogP contribution in [-0.4, -0.2) is 42.0 Å². The minimum Gasteiger partial charge on any atom is -0.353 e. The molecule has 0 saturated carbocycles. The van der Waals surface area contributed by atoms with Crippen LogP contribution in [0.5, 0.6) is 0 Å². The lowest BCUT2D eigenvalue weighted by molar-refractivity contribution is 0.0746. The van der Waals surface area contributed by atoms with Crippen molar-refractivity contribution in [1.29, 1.82) is 0 Å². The molecule has 4 nitrogen and oxygen atoms in total. The van der Waals surface area contributed by atoms with Crippen molar-refractivity contribution in [1.82, 2.24) is 9.88 Å². The van der Waals surface area contributed by atoms with Gasteiger partial charge in [0.2, 0.25) is 0 Å². The van der Waals surface area contributed by atoms with E-state index < -0.39 is 11.6 Å². The lowest BCUT2D eigenvalue weighted by Gasteiger charge is -2.35. The van der Waals surface area contributed by atoms with Gasteiger partial charge in [0.05, 0.1) is 5.52 Å². The summed E-state index contributed by atoms with van der Waals surface area (Å²) in [5.41, 5.74) is 3.47. The number of pyridine rings is 1. The third-order valence-electron chi connectivity index (χ3n) is 5.29. The smallest absolute Gasteiger partial charge is 0.254 e. The molecule has 1 saturated heterocycles. The van der Waals surface area contributed by atoms with Crippen LogP contribution in [0.2, 0.25) is 0 Å². The van der Waals surface area contributed by atoms with E-state index in [1.54, 1.807) is 4.90 Å². The Hall–Kier alpha value is -3.02. The zero-order valence-corrected chi connectivity index (χ0v) is 15.9. The number of piperazine rings is 1. The fourth-order valence-corrected chi connectivity index (χ4v) is 3.66. The number of aromatic nitrogens is 1. The minimum absolute atomic E-state index is 0.169. The van der Waals surface area contributed by atoms with Crippen molar-refractivity contribution in [2.24, 2.45) is 0 Å². The van der Waals surface area contributed by atoms with E-state index in [1.165, 1.54) is 11.6 Å². The Labute approximate surface area is 162 Å². The molecule has 3 aromatic rings. The molecular formula is C22H21F2N3O. The monoisotopic (exact) mass is 381 g/mol. The van der Waals surface area contributed by atoms with E-state index in [0.29, 0.717) is 26.2 Å². The molecule has 2 heterocycles. The average molecular weight is 381 g/mol. The van der Waals surface area contributed by atoms with Crippen molar-refractivity contribution in [3.05, 3.63) is 70.8 Å². The molecule has 2 aromatic carbocycles. The lowest BCUT2D eigenvalue weighted by Crippen LogP contribution is -2.49. The van der Waals surface area contributed by atoms with Crippen molar-refractivity contribution in [3.8, 4) is 0 Å². The molecule has 1 amide bonds. The summed E-state index contributed by atoms with van der Waals surface area (Å²) in [6.07, 6.45) is 0. The maximum atomic E-state index is 13.4. The first-order valence-corrected chi connectivity index (χ1v) is 9.30. The Morgan fingerprint density at radius 1 is 0.929 bits per heavy atom. The number of anilines is 1. The van der Waals surface area contributed by atoms with E-state index >= 15 is 0 Å². The highest BCUT2D eigenvalue weighted by atomic mass is 19.2. The Morgan fingerprint density at radius 2 is 1.68 bits per heavy atom. The van der Waals surface area contributed by atoms with E-state index in [9.17, 15) is 13.6 Å². The standard InChI is InChI=1S/C22H21F2N3O/c1-14-4-3-5-17-15(2)12-20(25-21(14)17)26-8-10-27(11-9-26)22(28)16-6-7-18(23)19(24)13-16/h3-7,12-13H,8-11H2,1-2H3. The van der Waals surface area contributed by atoms with Gasteiger partial charge in [0, 0.05) is 37.1 Å². The summed E-state index contributed by atoms with van der Waals surface area (Å²) in [4.78, 5) is 21.3. The molecule has 0 spiro atoms. The Morgan fingerprint density at radius 3 is 2.39 bits per heavy atom. The summed E-state index contributed by atoms with van der Waals surface area (Å²) < 4.78 is 26.5. The van der Waals surface area contributed by atoms with Crippen molar-refractivity contribution >= 4 is 22.6 Å². The topological polar surface area (TPSA) is 36.4 Å². The van der Waals surface area contributed by atoms with Crippen LogP contribution < -0.4 is 4.90 Å². The molecule has 0 unspecified atom stereocenters. The second-order valence-electron chi connectivity index (χ2n) is 7.18. The van der Waals surface area contributed by atoms with Crippen molar-refractivity contribution in [2.75, 3.05) is 31.1 Å². The van der Waals surface area contributed by atoms with E-state index in [1.807, 2.05) is 6.07 Å². The molecule has 0 N–H and O–H groups in total. The molecule has 0 radical (unpaired) electrons. The van der Waals surface area contributed by atoms with Gasteiger partial charge in [-0.15, -0.1) is 0 Å². The van der Waals surface area contributed by atoms with Gasteiger partial charge < -0.3 is 9.80 Å². The van der Waals surface area contributed by atoms with Gasteiger partial charge in [0.25, 0.3) is 5.91 Å². The van der Waals surface area contributed by atoms with Crippen LogP contribution in [0.3, 0.4) is 0 Å². The fourth-order valence-electron chi connectivity index (χ4n) is 3.66. The first-order chi connectivity index (χ1) is 13.4. The fraction of sp³-hybridized carbons (Fsp3) is 0.273. The molecule has 1 fully saturated rings. The third kappa shape index (κ3) is 3.30. The molecule has 144 valence electrons. The third-order valence-corrected chi connectivity index (χ3v) is 5.29. The van der Waals surface area contributed by atoms with E-state index in [0.717, 1.165) is 34.4 Å². The Kier molecular flexibility index (Phi) is 4.71. The zero-order chi connectivity index (χ0) is 19.8. The van der Waals surface area contributed by atoms with Crippen LogP contribution in [0.15, 0.2) is 42.5 Å². The minimum atomic E-state index is -1.00. The predicted octanol–water partition coefficient (Wildman–Crippen LogP) is 4.09. The summed E-state index contributed by atoms with van der Waals surface area (Å²) in [5.74, 6) is -1.33. The van der Waals surface area contributed by atoms with Gasteiger partial charge in [0.15, 0.2) is 11.6 Å². The average Bonchev–Trinajstić information content (AvgIpc) is 2.70. The number of rotatable bonds is 2. The van der Waals surface area contributed by atoms with Gasteiger partial charge in [0.1, 0.15) is 5.82 Å². The summed E-state index contributed by atoms with van der Waals surface area (Å²) >= 11 is 0. The van der Waals surface area contributed by atoms with Crippen LogP contribution >= 0.6 is 0 Å². The molecule has 0 atom stereocenters. The highest BCUT2D eigenvalue weighted by Gasteiger charge is 2.24. The lowest BCUT2D eigenvalue weighted by atomic mass is 10.1. The van der Waals surface area contributed by atoms with Gasteiger partial charge >= 0.3 is 0 Å². The van der Waals surface area contributed by atoms with Gasteiger partial charge in [-0.1, -0.05) is 18.2 Å². The number of hydrogen-bond donors (Lipinski definition) is 0. The molecule has 28 heavy (non-hydrogen) atoms. The molecule has 6 heteroatoms. The molecule has 0 bridgehead atoms. The number of halogens is 2. The van der Waals surface area contributed by atoms with Crippen LogP contribution in [0.25, 0.3) is 10.9 Å².